The number of furan rings is 1. The van der Waals surface area contributed by atoms with Crippen molar-refractivity contribution in [1.82, 2.24) is 9.73 Å². The molecule has 0 saturated heterocycles. The molecule has 194 valence electrons. The lowest BCUT2D eigenvalue weighted by Gasteiger charge is -2.22. The monoisotopic (exact) mass is 527 g/mol. The van der Waals surface area contributed by atoms with Gasteiger partial charge in [-0.25, -0.2) is 0 Å². The number of sulfonamides is 1. The van der Waals surface area contributed by atoms with Gasteiger partial charge in [0.25, 0.3) is 15.9 Å². The molecule has 8 heteroatoms. The van der Waals surface area contributed by atoms with Crippen molar-refractivity contribution in [3.8, 4) is 0 Å². The second-order valence-corrected chi connectivity index (χ2v) is 11.0. The molecular weight excluding hydrogens is 498 g/mol. The van der Waals surface area contributed by atoms with E-state index in [4.69, 9.17) is 4.42 Å². The van der Waals surface area contributed by atoms with Gasteiger partial charge in [-0.2, -0.15) is 18.4 Å². The number of carbonyl (C=O) groups excluding carboxylic acids is 1. The van der Waals surface area contributed by atoms with Gasteiger partial charge in [0.2, 0.25) is 0 Å². The molecule has 5 rings (SSSR count). The Labute approximate surface area is 222 Å². The zero-order valence-electron chi connectivity index (χ0n) is 21.1. The molecule has 1 amide bonds. The summed E-state index contributed by atoms with van der Waals surface area (Å²) in [5, 5.41) is 4.28. The Bertz CT molecular complexity index is 1510. The number of rotatable bonds is 8. The summed E-state index contributed by atoms with van der Waals surface area (Å²) in [5.74, 6) is 0.713. The summed E-state index contributed by atoms with van der Waals surface area (Å²) in [6, 6.07) is 27.8. The summed E-state index contributed by atoms with van der Waals surface area (Å²) in [6.07, 6.45) is 1.98. The SMILES string of the molecule is Cc1c(C(=O)N(Cc2ccccc2)Cc2ccccc2)oc2c1/C(=N/NS(=O)(=O)c1ccccc1)CCC2. The molecule has 38 heavy (non-hydrogen) atoms. The predicted molar refractivity (Wildman–Crippen MR) is 146 cm³/mol. The van der Waals surface area contributed by atoms with Crippen molar-refractivity contribution < 1.29 is 17.6 Å². The maximum absolute atomic E-state index is 13.9. The molecule has 7 nitrogen and oxygen atoms in total. The van der Waals surface area contributed by atoms with Crippen molar-refractivity contribution in [2.24, 2.45) is 5.10 Å². The molecule has 0 fully saturated rings. The van der Waals surface area contributed by atoms with E-state index in [1.807, 2.05) is 67.6 Å². The summed E-state index contributed by atoms with van der Waals surface area (Å²) < 4.78 is 31.6. The van der Waals surface area contributed by atoms with Crippen LogP contribution in [0.3, 0.4) is 0 Å². The van der Waals surface area contributed by atoms with Crippen LogP contribution in [0, 0.1) is 6.92 Å². The summed E-state index contributed by atoms with van der Waals surface area (Å²) in [5.41, 5.74) is 4.00. The summed E-state index contributed by atoms with van der Waals surface area (Å²) in [7, 11) is -3.81. The summed E-state index contributed by atoms with van der Waals surface area (Å²) in [6.45, 7) is 2.69. The molecular formula is C30H29N3O4S. The quantitative estimate of drug-likeness (QED) is 0.309. The van der Waals surface area contributed by atoms with E-state index in [-0.39, 0.29) is 16.6 Å². The van der Waals surface area contributed by atoms with Gasteiger partial charge < -0.3 is 9.32 Å². The van der Waals surface area contributed by atoms with Crippen LogP contribution in [-0.4, -0.2) is 24.9 Å². The van der Waals surface area contributed by atoms with Crippen LogP contribution < -0.4 is 4.83 Å². The Hall–Kier alpha value is -4.17. The van der Waals surface area contributed by atoms with Gasteiger partial charge in [0.15, 0.2) is 5.76 Å². The molecule has 0 radical (unpaired) electrons. The molecule has 1 aliphatic rings. The van der Waals surface area contributed by atoms with E-state index in [0.29, 0.717) is 43.0 Å². The topological polar surface area (TPSA) is 92.0 Å². The first kappa shape index (κ1) is 25.5. The highest BCUT2D eigenvalue weighted by Gasteiger charge is 2.30. The molecule has 3 aromatic carbocycles. The minimum Gasteiger partial charge on any atom is -0.455 e. The van der Waals surface area contributed by atoms with E-state index in [9.17, 15) is 13.2 Å². The zero-order chi connectivity index (χ0) is 26.5. The number of nitrogens with one attached hydrogen (secondary N) is 1. The van der Waals surface area contributed by atoms with Crippen molar-refractivity contribution in [2.45, 2.75) is 44.2 Å². The van der Waals surface area contributed by atoms with Crippen LogP contribution in [0.15, 0.2) is 105 Å². The van der Waals surface area contributed by atoms with Gasteiger partial charge in [-0.15, -0.1) is 0 Å². The molecule has 0 atom stereocenters. The van der Waals surface area contributed by atoms with Crippen molar-refractivity contribution in [1.29, 1.82) is 0 Å². The predicted octanol–water partition coefficient (Wildman–Crippen LogP) is 5.45. The number of fused-ring (bicyclic) bond motifs is 1. The number of amides is 1. The lowest BCUT2D eigenvalue weighted by Crippen LogP contribution is -2.30. The van der Waals surface area contributed by atoms with Crippen molar-refractivity contribution in [3.05, 3.63) is 125 Å². The van der Waals surface area contributed by atoms with Crippen LogP contribution in [0.5, 0.6) is 0 Å². The molecule has 4 aromatic rings. The van der Waals surface area contributed by atoms with Crippen LogP contribution in [-0.2, 0) is 29.5 Å². The van der Waals surface area contributed by atoms with Gasteiger partial charge in [-0.1, -0.05) is 78.9 Å². The number of nitrogens with zero attached hydrogens (tertiary/aromatic N) is 2. The van der Waals surface area contributed by atoms with E-state index in [0.717, 1.165) is 23.1 Å². The normalized spacial score (nSPS) is 14.2. The third kappa shape index (κ3) is 5.55. The van der Waals surface area contributed by atoms with E-state index >= 15 is 0 Å². The maximum Gasteiger partial charge on any atom is 0.290 e. The molecule has 1 heterocycles. The number of hydrogen-bond acceptors (Lipinski definition) is 5. The van der Waals surface area contributed by atoms with Crippen LogP contribution in [0.25, 0.3) is 0 Å². The first-order valence-electron chi connectivity index (χ1n) is 12.6. The molecule has 1 aliphatic carbocycles. The molecule has 0 bridgehead atoms. The second-order valence-electron chi connectivity index (χ2n) is 9.31. The van der Waals surface area contributed by atoms with Crippen LogP contribution in [0.2, 0.25) is 0 Å². The third-order valence-electron chi connectivity index (χ3n) is 6.59. The Balaban J connectivity index is 1.45. The number of benzene rings is 3. The Morgan fingerprint density at radius 1 is 0.868 bits per heavy atom. The van der Waals surface area contributed by atoms with Crippen LogP contribution >= 0.6 is 0 Å². The van der Waals surface area contributed by atoms with Gasteiger partial charge in [-0.3, -0.25) is 4.79 Å². The fourth-order valence-electron chi connectivity index (χ4n) is 4.70. The fraction of sp³-hybridized carbons (Fsp3) is 0.200. The first-order chi connectivity index (χ1) is 18.4. The Morgan fingerprint density at radius 3 is 2.00 bits per heavy atom. The van der Waals surface area contributed by atoms with Gasteiger partial charge in [-0.05, 0) is 43.0 Å². The van der Waals surface area contributed by atoms with Gasteiger partial charge in [0.05, 0.1) is 10.6 Å². The molecule has 1 aromatic heterocycles. The largest absolute Gasteiger partial charge is 0.455 e. The van der Waals surface area contributed by atoms with Crippen molar-refractivity contribution in [3.63, 3.8) is 0 Å². The second kappa shape index (κ2) is 11.1. The van der Waals surface area contributed by atoms with Gasteiger partial charge in [0, 0.05) is 30.6 Å². The highest BCUT2D eigenvalue weighted by atomic mass is 32.2. The highest BCUT2D eigenvalue weighted by molar-refractivity contribution is 7.89. The summed E-state index contributed by atoms with van der Waals surface area (Å²) in [4.78, 5) is 18.2. The third-order valence-corrected chi connectivity index (χ3v) is 7.82. The lowest BCUT2D eigenvalue weighted by atomic mass is 9.93. The fourth-order valence-corrected chi connectivity index (χ4v) is 5.55. The lowest BCUT2D eigenvalue weighted by molar-refractivity contribution is 0.0694. The molecule has 0 spiro atoms. The number of carbonyl (C=O) groups is 1. The van der Waals surface area contributed by atoms with E-state index in [2.05, 4.69) is 9.93 Å². The molecule has 0 aliphatic heterocycles. The van der Waals surface area contributed by atoms with Crippen molar-refractivity contribution >= 4 is 21.6 Å². The summed E-state index contributed by atoms with van der Waals surface area (Å²) >= 11 is 0. The Morgan fingerprint density at radius 2 is 1.42 bits per heavy atom. The van der Waals surface area contributed by atoms with Crippen LogP contribution in [0.4, 0.5) is 0 Å². The van der Waals surface area contributed by atoms with Crippen LogP contribution in [0.1, 0.15) is 51.4 Å². The standard InChI is InChI=1S/C30H29N3O4S/c1-22-28-26(31-32-38(35,36)25-16-9-4-10-17-25)18-11-19-27(28)37-29(22)30(34)33(20-23-12-5-2-6-13-23)21-24-14-7-3-8-15-24/h2-10,12-17,32H,11,18-21H2,1H3/b31-26+. The molecule has 0 unspecified atom stereocenters. The Kier molecular flexibility index (Phi) is 7.42. The molecule has 0 saturated carbocycles. The minimum absolute atomic E-state index is 0.137. The highest BCUT2D eigenvalue weighted by Crippen LogP contribution is 2.31. The zero-order valence-corrected chi connectivity index (χ0v) is 21.9. The van der Waals surface area contributed by atoms with Gasteiger partial charge >= 0.3 is 0 Å². The van der Waals surface area contributed by atoms with E-state index in [1.165, 1.54) is 12.1 Å². The van der Waals surface area contributed by atoms with E-state index < -0.39 is 10.0 Å². The number of hydrazone groups is 1. The first-order valence-corrected chi connectivity index (χ1v) is 14.0. The minimum atomic E-state index is -3.81. The smallest absolute Gasteiger partial charge is 0.290 e. The van der Waals surface area contributed by atoms with E-state index in [1.54, 1.807) is 23.1 Å². The van der Waals surface area contributed by atoms with Gasteiger partial charge in [0.1, 0.15) is 5.76 Å². The van der Waals surface area contributed by atoms with Crippen molar-refractivity contribution in [2.75, 3.05) is 0 Å². The number of aryl methyl sites for hydroxylation is 1. The maximum atomic E-state index is 13.9. The average molecular weight is 528 g/mol. The molecule has 1 N–H and O–H groups in total. The average Bonchev–Trinajstić information content (AvgIpc) is 3.29. The number of hydrogen-bond donors (Lipinski definition) is 1.